The summed E-state index contributed by atoms with van der Waals surface area (Å²) in [5.74, 6) is -0.0445. The van der Waals surface area contributed by atoms with Gasteiger partial charge in [-0.15, -0.1) is 34.9 Å². The minimum Gasteiger partial charge on any atom is -0.288 e. The van der Waals surface area contributed by atoms with Crippen molar-refractivity contribution in [1.82, 2.24) is 0 Å². The van der Waals surface area contributed by atoms with Crippen LogP contribution in [0.25, 0.3) is 0 Å². The average molecular weight is 306 g/mol. The van der Waals surface area contributed by atoms with Crippen LogP contribution in [0.3, 0.4) is 0 Å². The van der Waals surface area contributed by atoms with Crippen molar-refractivity contribution in [3.05, 3.63) is 45.8 Å². The second-order valence-corrected chi connectivity index (χ2v) is 6.95. The summed E-state index contributed by atoms with van der Waals surface area (Å²) in [6, 6.07) is 7.07. The Morgan fingerprint density at radius 1 is 0.947 bits per heavy atom. The lowest BCUT2D eigenvalue weighted by molar-refractivity contribution is 0.0980. The number of carbonyl (C=O) groups is 2. The molecule has 19 heavy (non-hydrogen) atoms. The van der Waals surface area contributed by atoms with Gasteiger partial charge < -0.3 is 0 Å². The number of thioether (sulfide) groups is 2. The van der Waals surface area contributed by atoms with Crippen LogP contribution in [0.1, 0.15) is 31.2 Å². The fraction of sp³-hybridized carbons (Fsp3) is 0.143. The molecule has 0 fully saturated rings. The third-order valence-electron chi connectivity index (χ3n) is 3.07. The highest BCUT2D eigenvalue weighted by Crippen LogP contribution is 2.44. The van der Waals surface area contributed by atoms with Crippen molar-refractivity contribution in [3.8, 4) is 0 Å². The molecule has 0 bridgehead atoms. The third kappa shape index (κ3) is 1.80. The van der Waals surface area contributed by atoms with E-state index in [0.29, 0.717) is 21.6 Å². The smallest absolute Gasteiger partial charge is 0.204 e. The molecule has 0 saturated carbocycles. The van der Waals surface area contributed by atoms with E-state index in [2.05, 4.69) is 0 Å². The number of thiophene rings is 1. The summed E-state index contributed by atoms with van der Waals surface area (Å²) >= 11 is 4.56. The van der Waals surface area contributed by atoms with E-state index in [4.69, 9.17) is 0 Å². The van der Waals surface area contributed by atoms with E-state index >= 15 is 0 Å². The Hall–Kier alpha value is -1.04. The number of benzene rings is 1. The Morgan fingerprint density at radius 2 is 1.58 bits per heavy atom. The van der Waals surface area contributed by atoms with Crippen LogP contribution in [0.2, 0.25) is 0 Å². The van der Waals surface area contributed by atoms with E-state index in [1.807, 2.05) is 12.5 Å². The zero-order valence-corrected chi connectivity index (χ0v) is 12.8. The van der Waals surface area contributed by atoms with Crippen molar-refractivity contribution in [3.63, 3.8) is 0 Å². The Bertz CT molecular complexity index is 701. The summed E-state index contributed by atoms with van der Waals surface area (Å²) in [6.07, 6.45) is 3.92. The topological polar surface area (TPSA) is 34.1 Å². The highest BCUT2D eigenvalue weighted by Gasteiger charge is 2.34. The first-order chi connectivity index (χ1) is 9.19. The van der Waals surface area contributed by atoms with E-state index in [9.17, 15) is 9.59 Å². The molecule has 0 spiro atoms. The van der Waals surface area contributed by atoms with Crippen LogP contribution < -0.4 is 0 Å². The van der Waals surface area contributed by atoms with Gasteiger partial charge in [0.05, 0.1) is 14.6 Å². The first-order valence-electron chi connectivity index (χ1n) is 5.62. The maximum Gasteiger partial charge on any atom is 0.204 e. The van der Waals surface area contributed by atoms with Gasteiger partial charge in [0.15, 0.2) is 5.78 Å². The van der Waals surface area contributed by atoms with Crippen molar-refractivity contribution in [1.29, 1.82) is 0 Å². The molecule has 0 amide bonds. The van der Waals surface area contributed by atoms with Gasteiger partial charge in [0.2, 0.25) is 5.78 Å². The predicted molar refractivity (Wildman–Crippen MR) is 81.2 cm³/mol. The SMILES string of the molecule is CSc1sc2c(c1SC)C(=O)c1ccccc1C2=O. The van der Waals surface area contributed by atoms with Crippen LogP contribution in [0.5, 0.6) is 0 Å². The van der Waals surface area contributed by atoms with Gasteiger partial charge in [0.25, 0.3) is 0 Å². The third-order valence-corrected chi connectivity index (χ3v) is 6.46. The lowest BCUT2D eigenvalue weighted by atomic mass is 9.89. The Balaban J connectivity index is 2.31. The van der Waals surface area contributed by atoms with Crippen LogP contribution in [-0.4, -0.2) is 24.1 Å². The molecule has 1 heterocycles. The highest BCUT2D eigenvalue weighted by atomic mass is 32.2. The normalized spacial score (nSPS) is 13.4. The molecule has 5 heteroatoms. The lowest BCUT2D eigenvalue weighted by Gasteiger charge is -2.14. The predicted octanol–water partition coefficient (Wildman–Crippen LogP) is 3.97. The standard InChI is InChI=1S/C14H10O2S3/c1-17-13-9-10(15)7-5-3-4-6-8(7)11(16)12(9)19-14(13)18-2/h3-6H,1-2H3. The molecule has 0 N–H and O–H groups in total. The molecule has 1 aromatic heterocycles. The first-order valence-corrected chi connectivity index (χ1v) is 8.88. The second-order valence-electron chi connectivity index (χ2n) is 4.03. The first kappa shape index (κ1) is 13.0. The minimum atomic E-state index is -0.0224. The van der Waals surface area contributed by atoms with Gasteiger partial charge in [-0.25, -0.2) is 0 Å². The molecule has 1 aliphatic carbocycles. The van der Waals surface area contributed by atoms with Gasteiger partial charge in [0, 0.05) is 16.0 Å². The zero-order chi connectivity index (χ0) is 13.6. The molecule has 3 rings (SSSR count). The number of hydrogen-bond donors (Lipinski definition) is 0. The number of hydrogen-bond acceptors (Lipinski definition) is 5. The van der Waals surface area contributed by atoms with E-state index in [-0.39, 0.29) is 11.6 Å². The molecule has 0 saturated heterocycles. The Morgan fingerprint density at radius 3 is 2.16 bits per heavy atom. The highest BCUT2D eigenvalue weighted by molar-refractivity contribution is 8.03. The molecule has 0 aliphatic heterocycles. The molecule has 1 aromatic carbocycles. The van der Waals surface area contributed by atoms with Gasteiger partial charge in [-0.3, -0.25) is 9.59 Å². The van der Waals surface area contributed by atoms with Crippen molar-refractivity contribution in [2.75, 3.05) is 12.5 Å². The molecule has 1 aliphatic rings. The molecular weight excluding hydrogens is 296 g/mol. The van der Waals surface area contributed by atoms with Crippen molar-refractivity contribution < 1.29 is 9.59 Å². The van der Waals surface area contributed by atoms with Gasteiger partial charge in [-0.05, 0) is 12.5 Å². The van der Waals surface area contributed by atoms with Crippen LogP contribution in [0, 0.1) is 0 Å². The quantitative estimate of drug-likeness (QED) is 0.671. The number of rotatable bonds is 2. The Labute approximate surface area is 123 Å². The van der Waals surface area contributed by atoms with Gasteiger partial charge in [-0.1, -0.05) is 24.3 Å². The number of ketones is 2. The van der Waals surface area contributed by atoms with Crippen LogP contribution in [0.15, 0.2) is 33.4 Å². The largest absolute Gasteiger partial charge is 0.288 e. The van der Waals surface area contributed by atoms with Crippen molar-refractivity contribution in [2.24, 2.45) is 0 Å². The maximum atomic E-state index is 12.6. The molecule has 2 nitrogen and oxygen atoms in total. The van der Waals surface area contributed by atoms with Crippen molar-refractivity contribution >= 4 is 46.4 Å². The summed E-state index contributed by atoms with van der Waals surface area (Å²) in [5, 5.41) is 0. The van der Waals surface area contributed by atoms with Crippen LogP contribution >= 0.6 is 34.9 Å². The summed E-state index contributed by atoms with van der Waals surface area (Å²) in [7, 11) is 0. The van der Waals surface area contributed by atoms with Gasteiger partial charge in [-0.2, -0.15) is 0 Å². The molecule has 0 unspecified atom stereocenters. The fourth-order valence-corrected chi connectivity index (χ4v) is 5.47. The van der Waals surface area contributed by atoms with Gasteiger partial charge >= 0.3 is 0 Å². The molecule has 96 valence electrons. The van der Waals surface area contributed by atoms with E-state index in [0.717, 1.165) is 9.10 Å². The Kier molecular flexibility index (Phi) is 3.28. The van der Waals surface area contributed by atoms with Crippen LogP contribution in [0.4, 0.5) is 0 Å². The summed E-state index contributed by atoms with van der Waals surface area (Å²) in [5.41, 5.74) is 1.66. The summed E-state index contributed by atoms with van der Waals surface area (Å²) in [6.45, 7) is 0. The minimum absolute atomic E-state index is 0.0221. The molecular formula is C14H10O2S3. The monoisotopic (exact) mass is 306 g/mol. The summed E-state index contributed by atoms with van der Waals surface area (Å²) < 4.78 is 1.05. The average Bonchev–Trinajstić information content (AvgIpc) is 2.83. The number of fused-ring (bicyclic) bond motifs is 2. The van der Waals surface area contributed by atoms with E-state index in [1.165, 1.54) is 23.1 Å². The zero-order valence-electron chi connectivity index (χ0n) is 10.4. The molecule has 0 radical (unpaired) electrons. The maximum absolute atomic E-state index is 12.6. The van der Waals surface area contributed by atoms with E-state index in [1.54, 1.807) is 36.0 Å². The van der Waals surface area contributed by atoms with Crippen molar-refractivity contribution in [2.45, 2.75) is 9.10 Å². The molecule has 2 aromatic rings. The fourth-order valence-electron chi connectivity index (χ4n) is 2.22. The molecule has 0 atom stereocenters. The summed E-state index contributed by atoms with van der Waals surface area (Å²) in [4.78, 5) is 26.6. The van der Waals surface area contributed by atoms with Gasteiger partial charge in [0.1, 0.15) is 0 Å². The number of carbonyl (C=O) groups excluding carboxylic acids is 2. The van der Waals surface area contributed by atoms with E-state index < -0.39 is 0 Å². The lowest BCUT2D eigenvalue weighted by Crippen LogP contribution is -2.19. The van der Waals surface area contributed by atoms with Crippen LogP contribution in [-0.2, 0) is 0 Å². The second kappa shape index (κ2) is 4.81.